The van der Waals surface area contributed by atoms with Gasteiger partial charge in [0.15, 0.2) is 0 Å². The molecule has 0 saturated heterocycles. The van der Waals surface area contributed by atoms with E-state index in [9.17, 15) is 0 Å². The lowest BCUT2D eigenvalue weighted by molar-refractivity contribution is 0.964. The molecule has 18 heavy (non-hydrogen) atoms. The van der Waals surface area contributed by atoms with E-state index in [1.54, 1.807) is 6.20 Å². The summed E-state index contributed by atoms with van der Waals surface area (Å²) in [5.41, 5.74) is 10.6. The summed E-state index contributed by atoms with van der Waals surface area (Å²) in [5.74, 6) is 0.920. The molecule has 2 nitrogen and oxygen atoms in total. The maximum absolute atomic E-state index is 5.69. The van der Waals surface area contributed by atoms with Crippen molar-refractivity contribution in [3.05, 3.63) is 58.9 Å². The highest BCUT2D eigenvalue weighted by molar-refractivity contribution is 7.98. The standard InChI is InChI=1S/C15H18N2S/c1-11-5-6-14(8-12(11)2)18-10-13-4-3-7-17-15(13)9-16/h3-8H,9-10,16H2,1-2H3. The summed E-state index contributed by atoms with van der Waals surface area (Å²) in [7, 11) is 0. The highest BCUT2D eigenvalue weighted by atomic mass is 32.2. The van der Waals surface area contributed by atoms with Crippen LogP contribution in [-0.2, 0) is 12.3 Å². The van der Waals surface area contributed by atoms with E-state index in [0.29, 0.717) is 6.54 Å². The molecule has 94 valence electrons. The van der Waals surface area contributed by atoms with Gasteiger partial charge in [-0.2, -0.15) is 0 Å². The normalized spacial score (nSPS) is 10.6. The Kier molecular flexibility index (Phi) is 4.39. The molecule has 0 saturated carbocycles. The second kappa shape index (κ2) is 6.03. The Morgan fingerprint density at radius 3 is 2.72 bits per heavy atom. The first kappa shape index (κ1) is 13.1. The Balaban J connectivity index is 2.09. The van der Waals surface area contributed by atoms with Crippen molar-refractivity contribution in [2.24, 2.45) is 5.73 Å². The predicted molar refractivity (Wildman–Crippen MR) is 77.6 cm³/mol. The van der Waals surface area contributed by atoms with Crippen molar-refractivity contribution in [1.82, 2.24) is 4.98 Å². The Labute approximate surface area is 113 Å². The number of aromatic nitrogens is 1. The third kappa shape index (κ3) is 3.12. The number of hydrogen-bond donors (Lipinski definition) is 1. The lowest BCUT2D eigenvalue weighted by Crippen LogP contribution is -2.03. The molecular weight excluding hydrogens is 240 g/mol. The highest BCUT2D eigenvalue weighted by Crippen LogP contribution is 2.25. The van der Waals surface area contributed by atoms with Crippen molar-refractivity contribution in [2.45, 2.75) is 31.0 Å². The molecule has 2 rings (SSSR count). The van der Waals surface area contributed by atoms with Gasteiger partial charge in [-0.05, 0) is 48.7 Å². The van der Waals surface area contributed by atoms with Gasteiger partial charge >= 0.3 is 0 Å². The van der Waals surface area contributed by atoms with Gasteiger partial charge in [0, 0.05) is 23.4 Å². The SMILES string of the molecule is Cc1ccc(SCc2cccnc2CN)cc1C. The van der Waals surface area contributed by atoms with E-state index in [0.717, 1.165) is 11.4 Å². The smallest absolute Gasteiger partial charge is 0.0579 e. The minimum Gasteiger partial charge on any atom is -0.325 e. The lowest BCUT2D eigenvalue weighted by Gasteiger charge is -2.07. The van der Waals surface area contributed by atoms with Crippen LogP contribution in [0.25, 0.3) is 0 Å². The summed E-state index contributed by atoms with van der Waals surface area (Å²) in [6, 6.07) is 10.6. The van der Waals surface area contributed by atoms with E-state index in [1.807, 2.05) is 17.8 Å². The van der Waals surface area contributed by atoms with Crippen LogP contribution in [0.1, 0.15) is 22.4 Å². The molecule has 0 bridgehead atoms. The van der Waals surface area contributed by atoms with Crippen LogP contribution in [0.2, 0.25) is 0 Å². The van der Waals surface area contributed by atoms with Crippen LogP contribution >= 0.6 is 11.8 Å². The lowest BCUT2D eigenvalue weighted by atomic mass is 10.1. The minimum absolute atomic E-state index is 0.504. The fraction of sp³-hybridized carbons (Fsp3) is 0.267. The first-order valence-electron chi connectivity index (χ1n) is 6.03. The fourth-order valence-corrected chi connectivity index (χ4v) is 2.76. The van der Waals surface area contributed by atoms with Gasteiger partial charge in [0.2, 0.25) is 0 Å². The van der Waals surface area contributed by atoms with Crippen LogP contribution in [0, 0.1) is 13.8 Å². The molecule has 2 aromatic rings. The second-order valence-corrected chi connectivity index (χ2v) is 5.40. The molecular formula is C15H18N2S. The average molecular weight is 258 g/mol. The minimum atomic E-state index is 0.504. The highest BCUT2D eigenvalue weighted by Gasteiger charge is 2.03. The number of nitrogens with two attached hydrogens (primary N) is 1. The van der Waals surface area contributed by atoms with E-state index in [4.69, 9.17) is 5.73 Å². The van der Waals surface area contributed by atoms with Crippen LogP contribution in [0.15, 0.2) is 41.4 Å². The maximum atomic E-state index is 5.69. The molecule has 0 unspecified atom stereocenters. The molecule has 0 spiro atoms. The fourth-order valence-electron chi connectivity index (χ4n) is 1.75. The van der Waals surface area contributed by atoms with Crippen molar-refractivity contribution in [3.8, 4) is 0 Å². The van der Waals surface area contributed by atoms with E-state index in [2.05, 4.69) is 43.1 Å². The first-order valence-corrected chi connectivity index (χ1v) is 7.02. The third-order valence-corrected chi connectivity index (χ3v) is 4.09. The number of hydrogen-bond acceptors (Lipinski definition) is 3. The zero-order valence-corrected chi connectivity index (χ0v) is 11.6. The van der Waals surface area contributed by atoms with Crippen molar-refractivity contribution in [3.63, 3.8) is 0 Å². The summed E-state index contributed by atoms with van der Waals surface area (Å²) >= 11 is 1.83. The quantitative estimate of drug-likeness (QED) is 0.854. The molecule has 0 fully saturated rings. The molecule has 1 heterocycles. The van der Waals surface area contributed by atoms with Crippen molar-refractivity contribution in [1.29, 1.82) is 0 Å². The molecule has 0 radical (unpaired) electrons. The van der Waals surface area contributed by atoms with Gasteiger partial charge in [-0.3, -0.25) is 4.98 Å². The number of nitrogens with zero attached hydrogens (tertiary/aromatic N) is 1. The van der Waals surface area contributed by atoms with Crippen LogP contribution in [0.3, 0.4) is 0 Å². The monoisotopic (exact) mass is 258 g/mol. The first-order chi connectivity index (χ1) is 8.70. The molecule has 0 aliphatic heterocycles. The number of aryl methyl sites for hydroxylation is 2. The molecule has 0 atom stereocenters. The molecule has 0 aliphatic carbocycles. The van der Waals surface area contributed by atoms with Crippen LogP contribution in [-0.4, -0.2) is 4.98 Å². The molecule has 1 aromatic heterocycles. The van der Waals surface area contributed by atoms with Crippen LogP contribution in [0.5, 0.6) is 0 Å². The second-order valence-electron chi connectivity index (χ2n) is 4.35. The summed E-state index contributed by atoms with van der Waals surface area (Å²) < 4.78 is 0. The summed E-state index contributed by atoms with van der Waals surface area (Å²) in [4.78, 5) is 5.60. The van der Waals surface area contributed by atoms with Gasteiger partial charge < -0.3 is 5.73 Å². The average Bonchev–Trinajstić information content (AvgIpc) is 2.40. The summed E-state index contributed by atoms with van der Waals surface area (Å²) in [5, 5.41) is 0. The van der Waals surface area contributed by atoms with Crippen LogP contribution in [0.4, 0.5) is 0 Å². The van der Waals surface area contributed by atoms with E-state index in [1.165, 1.54) is 21.6 Å². The van der Waals surface area contributed by atoms with Gasteiger partial charge in [0.05, 0.1) is 5.69 Å². The van der Waals surface area contributed by atoms with Gasteiger partial charge in [-0.15, -0.1) is 11.8 Å². The molecule has 2 N–H and O–H groups in total. The summed E-state index contributed by atoms with van der Waals surface area (Å²) in [6.07, 6.45) is 1.80. The van der Waals surface area contributed by atoms with Gasteiger partial charge in [-0.25, -0.2) is 0 Å². The van der Waals surface area contributed by atoms with E-state index < -0.39 is 0 Å². The van der Waals surface area contributed by atoms with Crippen LogP contribution < -0.4 is 5.73 Å². The Morgan fingerprint density at radius 2 is 2.00 bits per heavy atom. The molecule has 0 aliphatic rings. The number of rotatable bonds is 4. The van der Waals surface area contributed by atoms with Gasteiger partial charge in [0.1, 0.15) is 0 Å². The van der Waals surface area contributed by atoms with E-state index >= 15 is 0 Å². The zero-order valence-electron chi connectivity index (χ0n) is 10.8. The van der Waals surface area contributed by atoms with Crippen molar-refractivity contribution in [2.75, 3.05) is 0 Å². The molecule has 1 aromatic carbocycles. The van der Waals surface area contributed by atoms with Crippen molar-refractivity contribution >= 4 is 11.8 Å². The van der Waals surface area contributed by atoms with Gasteiger partial charge in [0.25, 0.3) is 0 Å². The molecule has 0 amide bonds. The summed E-state index contributed by atoms with van der Waals surface area (Å²) in [6.45, 7) is 4.79. The van der Waals surface area contributed by atoms with Crippen molar-refractivity contribution < 1.29 is 0 Å². The maximum Gasteiger partial charge on any atom is 0.0579 e. The topological polar surface area (TPSA) is 38.9 Å². The third-order valence-electron chi connectivity index (χ3n) is 3.05. The Bertz CT molecular complexity index is 538. The van der Waals surface area contributed by atoms with Gasteiger partial charge in [-0.1, -0.05) is 12.1 Å². The Hall–Kier alpha value is -1.32. The number of thioether (sulfide) groups is 1. The van der Waals surface area contributed by atoms with E-state index in [-0.39, 0.29) is 0 Å². The Morgan fingerprint density at radius 1 is 1.17 bits per heavy atom. The zero-order chi connectivity index (χ0) is 13.0. The number of benzene rings is 1. The largest absolute Gasteiger partial charge is 0.325 e. The predicted octanol–water partition coefficient (Wildman–Crippen LogP) is 3.45. The molecule has 3 heteroatoms. The number of pyridine rings is 1.